The molecule has 0 aliphatic carbocycles. The molecule has 0 heterocycles. The molecule has 1 unspecified atom stereocenters. The lowest BCUT2D eigenvalue weighted by Crippen LogP contribution is -2.28. The van der Waals surface area contributed by atoms with Crippen molar-refractivity contribution in [2.75, 3.05) is 20.1 Å². The van der Waals surface area contributed by atoms with Crippen LogP contribution in [0, 0.1) is 5.82 Å². The van der Waals surface area contributed by atoms with Gasteiger partial charge in [0.1, 0.15) is 11.6 Å². The molecule has 0 radical (unpaired) electrons. The standard InChI is InChI=1S/C11H17FN2O/c1-8(14(2)6-5-13)10-4-3-9(12)7-11(10)15/h3-4,7-8,15H,5-6,13H2,1-2H3. The van der Waals surface area contributed by atoms with E-state index in [1.807, 2.05) is 18.9 Å². The molecule has 1 aromatic rings. The quantitative estimate of drug-likeness (QED) is 0.794. The van der Waals surface area contributed by atoms with Crippen molar-refractivity contribution in [3.05, 3.63) is 29.6 Å². The molecule has 1 rings (SSSR count). The van der Waals surface area contributed by atoms with Gasteiger partial charge in [-0.1, -0.05) is 6.07 Å². The summed E-state index contributed by atoms with van der Waals surface area (Å²) >= 11 is 0. The first kappa shape index (κ1) is 11.9. The molecule has 4 heteroatoms. The zero-order chi connectivity index (χ0) is 11.4. The third-order valence-electron chi connectivity index (χ3n) is 2.59. The lowest BCUT2D eigenvalue weighted by molar-refractivity contribution is 0.263. The van der Waals surface area contributed by atoms with Crippen molar-refractivity contribution in [3.8, 4) is 5.75 Å². The first-order valence-corrected chi connectivity index (χ1v) is 4.95. The molecule has 15 heavy (non-hydrogen) atoms. The highest BCUT2D eigenvalue weighted by Crippen LogP contribution is 2.27. The molecule has 84 valence electrons. The van der Waals surface area contributed by atoms with Gasteiger partial charge in [0.2, 0.25) is 0 Å². The van der Waals surface area contributed by atoms with Crippen molar-refractivity contribution in [3.63, 3.8) is 0 Å². The van der Waals surface area contributed by atoms with Crippen LogP contribution in [0.4, 0.5) is 4.39 Å². The topological polar surface area (TPSA) is 49.5 Å². The summed E-state index contributed by atoms with van der Waals surface area (Å²) in [7, 11) is 1.92. The number of likely N-dealkylation sites (N-methyl/N-ethyl adjacent to an activating group) is 1. The molecule has 1 aromatic carbocycles. The first-order valence-electron chi connectivity index (χ1n) is 4.95. The van der Waals surface area contributed by atoms with Gasteiger partial charge in [0.05, 0.1) is 0 Å². The van der Waals surface area contributed by atoms with Crippen LogP contribution in [0.25, 0.3) is 0 Å². The zero-order valence-corrected chi connectivity index (χ0v) is 9.07. The van der Waals surface area contributed by atoms with Crippen LogP contribution in [0.1, 0.15) is 18.5 Å². The summed E-state index contributed by atoms with van der Waals surface area (Å²) in [5.41, 5.74) is 6.16. The summed E-state index contributed by atoms with van der Waals surface area (Å²) in [6.45, 7) is 3.24. The van der Waals surface area contributed by atoms with Crippen LogP contribution in [-0.4, -0.2) is 30.1 Å². The number of aromatic hydroxyl groups is 1. The van der Waals surface area contributed by atoms with E-state index < -0.39 is 5.82 Å². The van der Waals surface area contributed by atoms with E-state index in [9.17, 15) is 9.50 Å². The molecular formula is C11H17FN2O. The van der Waals surface area contributed by atoms with Gasteiger partial charge in [-0.05, 0) is 20.0 Å². The molecule has 0 aliphatic heterocycles. The van der Waals surface area contributed by atoms with E-state index in [0.29, 0.717) is 12.1 Å². The molecule has 0 saturated carbocycles. The number of benzene rings is 1. The number of hydrogen-bond donors (Lipinski definition) is 2. The van der Waals surface area contributed by atoms with E-state index in [1.54, 1.807) is 6.07 Å². The van der Waals surface area contributed by atoms with Gasteiger partial charge in [0.15, 0.2) is 0 Å². The van der Waals surface area contributed by atoms with E-state index in [0.717, 1.165) is 12.6 Å². The number of halogens is 1. The lowest BCUT2D eigenvalue weighted by Gasteiger charge is -2.24. The Hall–Kier alpha value is -1.13. The molecule has 0 bridgehead atoms. The number of hydrogen-bond acceptors (Lipinski definition) is 3. The maximum Gasteiger partial charge on any atom is 0.126 e. The Kier molecular flexibility index (Phi) is 4.05. The number of phenols is 1. The largest absolute Gasteiger partial charge is 0.508 e. The van der Waals surface area contributed by atoms with E-state index in [1.165, 1.54) is 6.07 Å². The SMILES string of the molecule is CC(c1ccc(F)cc1O)N(C)CCN. The normalized spacial score (nSPS) is 13.1. The van der Waals surface area contributed by atoms with Gasteiger partial charge in [-0.25, -0.2) is 4.39 Å². The van der Waals surface area contributed by atoms with Crippen LogP contribution in [-0.2, 0) is 0 Å². The molecule has 0 fully saturated rings. The monoisotopic (exact) mass is 212 g/mol. The van der Waals surface area contributed by atoms with E-state index in [-0.39, 0.29) is 11.8 Å². The predicted octanol–water partition coefficient (Wildman–Crippen LogP) is 1.48. The Morgan fingerprint density at radius 1 is 1.53 bits per heavy atom. The predicted molar refractivity (Wildman–Crippen MR) is 58.2 cm³/mol. The van der Waals surface area contributed by atoms with Gasteiger partial charge in [0.25, 0.3) is 0 Å². The third kappa shape index (κ3) is 2.91. The highest BCUT2D eigenvalue weighted by atomic mass is 19.1. The highest BCUT2D eigenvalue weighted by molar-refractivity contribution is 5.34. The Morgan fingerprint density at radius 2 is 2.20 bits per heavy atom. The summed E-state index contributed by atoms with van der Waals surface area (Å²) in [4.78, 5) is 2.01. The van der Waals surface area contributed by atoms with Gasteiger partial charge in [-0.3, -0.25) is 4.90 Å². The van der Waals surface area contributed by atoms with Crippen LogP contribution in [0.3, 0.4) is 0 Å². The second kappa shape index (κ2) is 5.09. The van der Waals surface area contributed by atoms with Crippen molar-refractivity contribution in [1.29, 1.82) is 0 Å². The van der Waals surface area contributed by atoms with Crippen molar-refractivity contribution < 1.29 is 9.50 Å². The summed E-state index contributed by atoms with van der Waals surface area (Å²) in [6, 6.07) is 4.10. The van der Waals surface area contributed by atoms with E-state index >= 15 is 0 Å². The van der Waals surface area contributed by atoms with Crippen molar-refractivity contribution in [1.82, 2.24) is 4.90 Å². The first-order chi connectivity index (χ1) is 7.06. The summed E-state index contributed by atoms with van der Waals surface area (Å²) in [5.74, 6) is -0.434. The summed E-state index contributed by atoms with van der Waals surface area (Å²) < 4.78 is 12.8. The number of rotatable bonds is 4. The smallest absolute Gasteiger partial charge is 0.126 e. The highest BCUT2D eigenvalue weighted by Gasteiger charge is 2.14. The molecule has 0 spiro atoms. The van der Waals surface area contributed by atoms with Crippen LogP contribution in [0.5, 0.6) is 5.75 Å². The van der Waals surface area contributed by atoms with Gasteiger partial charge in [0, 0.05) is 30.8 Å². The van der Waals surface area contributed by atoms with Crippen LogP contribution in [0.15, 0.2) is 18.2 Å². The molecular weight excluding hydrogens is 195 g/mol. The van der Waals surface area contributed by atoms with Gasteiger partial charge < -0.3 is 10.8 Å². The Balaban J connectivity index is 2.86. The summed E-state index contributed by atoms with van der Waals surface area (Å²) in [5, 5.41) is 9.58. The van der Waals surface area contributed by atoms with Crippen LogP contribution in [0.2, 0.25) is 0 Å². The van der Waals surface area contributed by atoms with E-state index in [4.69, 9.17) is 5.73 Å². The van der Waals surface area contributed by atoms with Crippen LogP contribution < -0.4 is 5.73 Å². The van der Waals surface area contributed by atoms with Crippen molar-refractivity contribution >= 4 is 0 Å². The molecule has 3 N–H and O–H groups in total. The third-order valence-corrected chi connectivity index (χ3v) is 2.59. The molecule has 0 amide bonds. The van der Waals surface area contributed by atoms with E-state index in [2.05, 4.69) is 0 Å². The fraction of sp³-hybridized carbons (Fsp3) is 0.455. The Labute approximate surface area is 89.3 Å². The minimum Gasteiger partial charge on any atom is -0.508 e. The maximum atomic E-state index is 12.8. The number of nitrogens with zero attached hydrogens (tertiary/aromatic N) is 1. The lowest BCUT2D eigenvalue weighted by atomic mass is 10.1. The Bertz CT molecular complexity index is 330. The van der Waals surface area contributed by atoms with Crippen molar-refractivity contribution in [2.24, 2.45) is 5.73 Å². The van der Waals surface area contributed by atoms with Gasteiger partial charge >= 0.3 is 0 Å². The van der Waals surface area contributed by atoms with Gasteiger partial charge in [-0.2, -0.15) is 0 Å². The van der Waals surface area contributed by atoms with Gasteiger partial charge in [-0.15, -0.1) is 0 Å². The second-order valence-corrected chi connectivity index (χ2v) is 3.65. The fourth-order valence-corrected chi connectivity index (χ4v) is 1.50. The average molecular weight is 212 g/mol. The minimum absolute atomic E-state index is 0.00799. The molecule has 0 saturated heterocycles. The fourth-order valence-electron chi connectivity index (χ4n) is 1.50. The van der Waals surface area contributed by atoms with Crippen molar-refractivity contribution in [2.45, 2.75) is 13.0 Å². The maximum absolute atomic E-state index is 12.8. The molecule has 0 aliphatic rings. The molecule has 1 atom stereocenters. The summed E-state index contributed by atoms with van der Waals surface area (Å²) in [6.07, 6.45) is 0. The minimum atomic E-state index is -0.426. The Morgan fingerprint density at radius 3 is 2.73 bits per heavy atom. The molecule has 3 nitrogen and oxygen atoms in total. The van der Waals surface area contributed by atoms with Crippen LogP contribution >= 0.6 is 0 Å². The zero-order valence-electron chi connectivity index (χ0n) is 9.07. The average Bonchev–Trinajstić information content (AvgIpc) is 2.17. The number of phenolic OH excluding ortho intramolecular Hbond substituents is 1. The number of nitrogens with two attached hydrogens (primary N) is 1. The molecule has 0 aromatic heterocycles. The second-order valence-electron chi connectivity index (χ2n) is 3.65.